The van der Waals surface area contributed by atoms with E-state index >= 15 is 0 Å². The normalized spacial score (nSPS) is 10.7. The minimum absolute atomic E-state index is 0.290. The van der Waals surface area contributed by atoms with Crippen LogP contribution in [0, 0.1) is 5.82 Å². The van der Waals surface area contributed by atoms with E-state index in [4.69, 9.17) is 10.3 Å². The van der Waals surface area contributed by atoms with Gasteiger partial charge in [-0.1, -0.05) is 21.1 Å². The molecular weight excluding hydrogens is 327 g/mol. The standard InChI is InChI=1S/C13H8BrFN4O/c14-8-3-7(4-10(16)5-8)13-18-12(19-20-13)11-2-1-9(15)6-17-11/h1-6H,16H2. The van der Waals surface area contributed by atoms with E-state index in [1.807, 2.05) is 6.07 Å². The highest BCUT2D eigenvalue weighted by molar-refractivity contribution is 9.10. The molecule has 0 saturated carbocycles. The second-order valence-electron chi connectivity index (χ2n) is 4.06. The molecule has 0 bridgehead atoms. The zero-order valence-corrected chi connectivity index (χ0v) is 11.6. The van der Waals surface area contributed by atoms with Gasteiger partial charge in [0.1, 0.15) is 11.5 Å². The largest absolute Gasteiger partial charge is 0.399 e. The summed E-state index contributed by atoms with van der Waals surface area (Å²) >= 11 is 3.35. The molecule has 0 amide bonds. The SMILES string of the molecule is Nc1cc(Br)cc(-c2nc(-c3ccc(F)cn3)no2)c1. The number of pyridine rings is 1. The van der Waals surface area contributed by atoms with Gasteiger partial charge in [-0.05, 0) is 30.3 Å². The Balaban J connectivity index is 1.99. The minimum atomic E-state index is -0.419. The van der Waals surface area contributed by atoms with E-state index in [0.29, 0.717) is 28.7 Å². The molecule has 0 aliphatic carbocycles. The van der Waals surface area contributed by atoms with Crippen molar-refractivity contribution in [1.29, 1.82) is 0 Å². The second kappa shape index (κ2) is 5.01. The topological polar surface area (TPSA) is 77.8 Å². The van der Waals surface area contributed by atoms with Gasteiger partial charge >= 0.3 is 0 Å². The molecular formula is C13H8BrFN4O. The van der Waals surface area contributed by atoms with Crippen LogP contribution < -0.4 is 5.73 Å². The molecule has 1 aromatic carbocycles. The smallest absolute Gasteiger partial charge is 0.258 e. The number of halogens is 2. The zero-order chi connectivity index (χ0) is 14.1. The van der Waals surface area contributed by atoms with Crippen molar-refractivity contribution < 1.29 is 8.91 Å². The fourth-order valence-electron chi connectivity index (χ4n) is 1.69. The highest BCUT2D eigenvalue weighted by Gasteiger charge is 2.12. The summed E-state index contributed by atoms with van der Waals surface area (Å²) in [5.41, 5.74) is 7.46. The van der Waals surface area contributed by atoms with Crippen LogP contribution in [-0.2, 0) is 0 Å². The number of nitrogens with zero attached hydrogens (tertiary/aromatic N) is 3. The molecule has 2 heterocycles. The molecule has 0 saturated heterocycles. The van der Waals surface area contributed by atoms with Gasteiger partial charge in [-0.25, -0.2) is 9.37 Å². The summed E-state index contributed by atoms with van der Waals surface area (Å²) in [6.45, 7) is 0. The van der Waals surface area contributed by atoms with Crippen molar-refractivity contribution in [2.24, 2.45) is 0 Å². The van der Waals surface area contributed by atoms with Crippen LogP contribution >= 0.6 is 15.9 Å². The van der Waals surface area contributed by atoms with Crippen LogP contribution in [-0.4, -0.2) is 15.1 Å². The first kappa shape index (κ1) is 12.7. The van der Waals surface area contributed by atoms with Gasteiger partial charge in [-0.15, -0.1) is 0 Å². The molecule has 2 aromatic heterocycles. The van der Waals surface area contributed by atoms with E-state index in [0.717, 1.165) is 10.7 Å². The number of hydrogen-bond donors (Lipinski definition) is 1. The molecule has 0 aliphatic heterocycles. The monoisotopic (exact) mass is 334 g/mol. The molecule has 100 valence electrons. The lowest BCUT2D eigenvalue weighted by atomic mass is 10.2. The van der Waals surface area contributed by atoms with Gasteiger partial charge in [0.05, 0.1) is 6.20 Å². The van der Waals surface area contributed by atoms with Crippen molar-refractivity contribution in [3.05, 3.63) is 46.8 Å². The van der Waals surface area contributed by atoms with Crippen LogP contribution in [0.25, 0.3) is 23.0 Å². The molecule has 20 heavy (non-hydrogen) atoms. The first-order valence-electron chi connectivity index (χ1n) is 5.64. The Hall–Kier alpha value is -2.28. The molecule has 2 N–H and O–H groups in total. The number of anilines is 1. The predicted molar refractivity (Wildman–Crippen MR) is 75.0 cm³/mol. The van der Waals surface area contributed by atoms with Gasteiger partial charge < -0.3 is 10.3 Å². The molecule has 3 aromatic rings. The molecule has 5 nitrogen and oxygen atoms in total. The summed E-state index contributed by atoms with van der Waals surface area (Å²) in [6.07, 6.45) is 1.10. The van der Waals surface area contributed by atoms with Crippen molar-refractivity contribution in [3.63, 3.8) is 0 Å². The minimum Gasteiger partial charge on any atom is -0.399 e. The van der Waals surface area contributed by atoms with Crippen molar-refractivity contribution in [3.8, 4) is 23.0 Å². The fourth-order valence-corrected chi connectivity index (χ4v) is 2.20. The zero-order valence-electron chi connectivity index (χ0n) is 10.0. The Morgan fingerprint density at radius 3 is 2.75 bits per heavy atom. The Labute approximate surface area is 121 Å². The van der Waals surface area contributed by atoms with E-state index in [1.165, 1.54) is 12.1 Å². The lowest BCUT2D eigenvalue weighted by Gasteiger charge is -1.98. The maximum atomic E-state index is 12.8. The third-order valence-electron chi connectivity index (χ3n) is 2.55. The maximum Gasteiger partial charge on any atom is 0.258 e. The van der Waals surface area contributed by atoms with Gasteiger partial charge in [-0.3, -0.25) is 0 Å². The average molecular weight is 335 g/mol. The highest BCUT2D eigenvalue weighted by atomic mass is 79.9. The van der Waals surface area contributed by atoms with Gasteiger partial charge in [0.2, 0.25) is 5.82 Å². The summed E-state index contributed by atoms with van der Waals surface area (Å²) in [5.74, 6) is 0.190. The van der Waals surface area contributed by atoms with Crippen molar-refractivity contribution >= 4 is 21.6 Å². The quantitative estimate of drug-likeness (QED) is 0.727. The van der Waals surface area contributed by atoms with E-state index in [2.05, 4.69) is 31.1 Å². The molecule has 0 atom stereocenters. The molecule has 7 heteroatoms. The van der Waals surface area contributed by atoms with E-state index in [9.17, 15) is 4.39 Å². The number of nitrogen functional groups attached to an aromatic ring is 1. The Bertz CT molecular complexity index is 737. The van der Waals surface area contributed by atoms with Gasteiger partial charge in [0.25, 0.3) is 5.89 Å². The van der Waals surface area contributed by atoms with Crippen LogP contribution in [0.4, 0.5) is 10.1 Å². The van der Waals surface area contributed by atoms with Crippen LogP contribution in [0.1, 0.15) is 0 Å². The number of hydrogen-bond acceptors (Lipinski definition) is 5. The summed E-state index contributed by atoms with van der Waals surface area (Å²) in [7, 11) is 0. The first-order chi connectivity index (χ1) is 9.61. The first-order valence-corrected chi connectivity index (χ1v) is 6.43. The predicted octanol–water partition coefficient (Wildman–Crippen LogP) is 3.28. The molecule has 3 rings (SSSR count). The van der Waals surface area contributed by atoms with Crippen LogP contribution in [0.3, 0.4) is 0 Å². The molecule has 0 unspecified atom stereocenters. The van der Waals surface area contributed by atoms with Crippen molar-refractivity contribution in [2.45, 2.75) is 0 Å². The summed E-state index contributed by atoms with van der Waals surface area (Å²) in [6, 6.07) is 8.07. The lowest BCUT2D eigenvalue weighted by molar-refractivity contribution is 0.432. The Morgan fingerprint density at radius 1 is 1.20 bits per heavy atom. The van der Waals surface area contributed by atoms with E-state index < -0.39 is 5.82 Å². The summed E-state index contributed by atoms with van der Waals surface area (Å²) < 4.78 is 18.8. The number of rotatable bonds is 2. The van der Waals surface area contributed by atoms with Crippen LogP contribution in [0.2, 0.25) is 0 Å². The number of benzene rings is 1. The molecule has 0 radical (unpaired) electrons. The van der Waals surface area contributed by atoms with Gasteiger partial charge in [-0.2, -0.15) is 4.98 Å². The Morgan fingerprint density at radius 2 is 2.05 bits per heavy atom. The van der Waals surface area contributed by atoms with Crippen molar-refractivity contribution in [1.82, 2.24) is 15.1 Å². The molecule has 0 aliphatic rings. The van der Waals surface area contributed by atoms with Gasteiger partial charge in [0.15, 0.2) is 0 Å². The second-order valence-corrected chi connectivity index (χ2v) is 4.97. The lowest BCUT2D eigenvalue weighted by Crippen LogP contribution is -1.88. The molecule has 0 spiro atoms. The Kier molecular flexibility index (Phi) is 3.19. The van der Waals surface area contributed by atoms with Crippen LogP contribution in [0.5, 0.6) is 0 Å². The van der Waals surface area contributed by atoms with E-state index in [1.54, 1.807) is 12.1 Å². The third-order valence-corrected chi connectivity index (χ3v) is 3.01. The van der Waals surface area contributed by atoms with Gasteiger partial charge in [0, 0.05) is 15.7 Å². The highest BCUT2D eigenvalue weighted by Crippen LogP contribution is 2.26. The maximum absolute atomic E-state index is 12.8. The number of aromatic nitrogens is 3. The summed E-state index contributed by atoms with van der Waals surface area (Å²) in [4.78, 5) is 8.12. The number of nitrogens with two attached hydrogens (primary N) is 1. The summed E-state index contributed by atoms with van der Waals surface area (Å²) in [5, 5.41) is 3.82. The van der Waals surface area contributed by atoms with E-state index in [-0.39, 0.29) is 0 Å². The average Bonchev–Trinajstić information content (AvgIpc) is 2.88. The van der Waals surface area contributed by atoms with Crippen molar-refractivity contribution in [2.75, 3.05) is 5.73 Å². The molecule has 0 fully saturated rings. The van der Waals surface area contributed by atoms with Crippen LogP contribution in [0.15, 0.2) is 45.5 Å². The fraction of sp³-hybridized carbons (Fsp3) is 0. The third kappa shape index (κ3) is 2.53.